The first-order valence-corrected chi connectivity index (χ1v) is 8.42. The highest BCUT2D eigenvalue weighted by Gasteiger charge is 2.21. The average Bonchev–Trinajstić information content (AvgIpc) is 2.87. The van der Waals surface area contributed by atoms with Gasteiger partial charge in [-0.25, -0.2) is 4.98 Å². The summed E-state index contributed by atoms with van der Waals surface area (Å²) in [5.74, 6) is -0.106. The summed E-state index contributed by atoms with van der Waals surface area (Å²) < 4.78 is 0. The molecule has 110 valence electrons. The molecule has 2 heterocycles. The van der Waals surface area contributed by atoms with Crippen LogP contribution in [0.2, 0.25) is 0 Å². The molecule has 2 N–H and O–H groups in total. The van der Waals surface area contributed by atoms with Gasteiger partial charge in [-0.1, -0.05) is 11.3 Å². The van der Waals surface area contributed by atoms with Crippen LogP contribution in [0.15, 0.2) is 4.99 Å². The Bertz CT molecular complexity index is 512. The highest BCUT2D eigenvalue weighted by Crippen LogP contribution is 2.30. The van der Waals surface area contributed by atoms with Crippen LogP contribution in [0.4, 0.5) is 5.00 Å². The number of hydrogen-bond acceptors (Lipinski definition) is 7. The number of aliphatic imine (C=N–C) groups is 1. The van der Waals surface area contributed by atoms with Gasteiger partial charge in [0.1, 0.15) is 22.4 Å². The van der Waals surface area contributed by atoms with Crippen molar-refractivity contribution in [3.63, 3.8) is 0 Å². The third kappa shape index (κ3) is 3.71. The fraction of sp³-hybridized carbons (Fsp3) is 0.583. The maximum absolute atomic E-state index is 12.1. The van der Waals surface area contributed by atoms with Crippen LogP contribution in [0, 0.1) is 0 Å². The van der Waals surface area contributed by atoms with Gasteiger partial charge in [-0.15, -0.1) is 11.8 Å². The lowest BCUT2D eigenvalue weighted by Gasteiger charge is -2.10. The van der Waals surface area contributed by atoms with Gasteiger partial charge in [0.15, 0.2) is 5.01 Å². The molecule has 1 aliphatic heterocycles. The molecule has 20 heavy (non-hydrogen) atoms. The summed E-state index contributed by atoms with van der Waals surface area (Å²) in [4.78, 5) is 22.9. The number of carbonyl (C=O) groups is 1. The van der Waals surface area contributed by atoms with Crippen LogP contribution in [0.1, 0.15) is 21.9 Å². The standard InChI is InChI=1S/C12H19N5OS2/c1-17(2)6-4-5-13-9(18)12-16-8-10(19-3)14-7-15-11(8)20-12/h15H,4-7H2,1-3H3,(H,13,18). The number of anilines is 1. The van der Waals surface area contributed by atoms with Crippen molar-refractivity contribution in [1.82, 2.24) is 15.2 Å². The molecule has 0 atom stereocenters. The van der Waals surface area contributed by atoms with Crippen molar-refractivity contribution < 1.29 is 4.79 Å². The third-order valence-electron chi connectivity index (χ3n) is 2.75. The van der Waals surface area contributed by atoms with Crippen molar-refractivity contribution in [2.45, 2.75) is 6.42 Å². The highest BCUT2D eigenvalue weighted by molar-refractivity contribution is 8.13. The molecular weight excluding hydrogens is 294 g/mol. The Balaban J connectivity index is 1.95. The predicted octanol–water partition coefficient (Wildman–Crippen LogP) is 1.32. The molecule has 0 spiro atoms. The molecule has 0 aromatic carbocycles. The maximum atomic E-state index is 12.1. The van der Waals surface area contributed by atoms with E-state index < -0.39 is 0 Å². The molecule has 8 heteroatoms. The minimum atomic E-state index is -0.106. The van der Waals surface area contributed by atoms with Crippen LogP contribution >= 0.6 is 23.1 Å². The minimum absolute atomic E-state index is 0.106. The number of fused-ring (bicyclic) bond motifs is 1. The molecule has 2 rings (SSSR count). The summed E-state index contributed by atoms with van der Waals surface area (Å²) in [6.45, 7) is 2.17. The van der Waals surface area contributed by atoms with Crippen LogP contribution < -0.4 is 10.6 Å². The van der Waals surface area contributed by atoms with Gasteiger partial charge in [0.25, 0.3) is 5.91 Å². The fourth-order valence-electron chi connectivity index (χ4n) is 1.77. The van der Waals surface area contributed by atoms with E-state index in [2.05, 4.69) is 25.5 Å². The van der Waals surface area contributed by atoms with E-state index in [4.69, 9.17) is 0 Å². The summed E-state index contributed by atoms with van der Waals surface area (Å²) in [5.41, 5.74) is 0.798. The smallest absolute Gasteiger partial charge is 0.280 e. The molecule has 0 unspecified atom stereocenters. The van der Waals surface area contributed by atoms with Gasteiger partial charge in [0.2, 0.25) is 0 Å². The first-order chi connectivity index (χ1) is 9.61. The molecule has 1 aliphatic rings. The normalized spacial score (nSPS) is 13.7. The average molecular weight is 313 g/mol. The van der Waals surface area contributed by atoms with E-state index in [1.165, 1.54) is 11.3 Å². The van der Waals surface area contributed by atoms with Crippen molar-refractivity contribution in [3.05, 3.63) is 10.7 Å². The largest absolute Gasteiger partial charge is 0.356 e. The van der Waals surface area contributed by atoms with Crippen LogP contribution in [-0.2, 0) is 0 Å². The third-order valence-corrected chi connectivity index (χ3v) is 4.47. The first kappa shape index (κ1) is 15.3. The Morgan fingerprint density at radius 2 is 2.35 bits per heavy atom. The van der Waals surface area contributed by atoms with Crippen molar-refractivity contribution in [3.8, 4) is 0 Å². The van der Waals surface area contributed by atoms with Gasteiger partial charge < -0.3 is 15.5 Å². The van der Waals surface area contributed by atoms with E-state index in [-0.39, 0.29) is 5.91 Å². The molecule has 1 aromatic heterocycles. The van der Waals surface area contributed by atoms with E-state index in [0.29, 0.717) is 18.2 Å². The highest BCUT2D eigenvalue weighted by atomic mass is 32.2. The molecular formula is C12H19N5OS2. The molecule has 0 bridgehead atoms. The van der Waals surface area contributed by atoms with Gasteiger partial charge in [-0.05, 0) is 33.3 Å². The van der Waals surface area contributed by atoms with Crippen LogP contribution in [0.3, 0.4) is 0 Å². The second kappa shape index (κ2) is 7.05. The number of amides is 1. The topological polar surface area (TPSA) is 69.6 Å². The predicted molar refractivity (Wildman–Crippen MR) is 86.2 cm³/mol. The molecule has 0 fully saturated rings. The molecule has 0 aliphatic carbocycles. The van der Waals surface area contributed by atoms with Crippen molar-refractivity contribution in [2.75, 3.05) is 45.4 Å². The fourth-order valence-corrected chi connectivity index (χ4v) is 3.24. The number of aromatic nitrogens is 1. The van der Waals surface area contributed by atoms with Crippen LogP contribution in [-0.4, -0.2) is 60.9 Å². The summed E-state index contributed by atoms with van der Waals surface area (Å²) in [6.07, 6.45) is 2.90. The Labute approximate surface area is 127 Å². The zero-order valence-electron chi connectivity index (χ0n) is 11.9. The van der Waals surface area contributed by atoms with Gasteiger partial charge >= 0.3 is 0 Å². The lowest BCUT2D eigenvalue weighted by atomic mass is 10.4. The first-order valence-electron chi connectivity index (χ1n) is 6.38. The number of hydrogen-bond donors (Lipinski definition) is 2. The van der Waals surface area contributed by atoms with E-state index in [1.54, 1.807) is 11.8 Å². The Hall–Kier alpha value is -1.12. The summed E-state index contributed by atoms with van der Waals surface area (Å²) in [7, 11) is 4.04. The number of thiazole rings is 1. The van der Waals surface area contributed by atoms with E-state index in [0.717, 1.165) is 28.7 Å². The van der Waals surface area contributed by atoms with Gasteiger partial charge in [0.05, 0.1) is 0 Å². The van der Waals surface area contributed by atoms with Crippen LogP contribution in [0.5, 0.6) is 0 Å². The summed E-state index contributed by atoms with van der Waals surface area (Å²) in [5, 5.41) is 8.38. The van der Waals surface area contributed by atoms with Gasteiger partial charge in [0, 0.05) is 6.54 Å². The Morgan fingerprint density at radius 1 is 1.55 bits per heavy atom. The molecule has 0 radical (unpaired) electrons. The summed E-state index contributed by atoms with van der Waals surface area (Å²) >= 11 is 2.94. The maximum Gasteiger partial charge on any atom is 0.280 e. The van der Waals surface area contributed by atoms with Gasteiger partial charge in [-0.2, -0.15) is 0 Å². The number of thioether (sulfide) groups is 1. The van der Waals surface area contributed by atoms with Crippen LogP contribution in [0.25, 0.3) is 0 Å². The summed E-state index contributed by atoms with van der Waals surface area (Å²) in [6, 6.07) is 0. The molecule has 0 saturated carbocycles. The molecule has 1 aromatic rings. The van der Waals surface area contributed by atoms with Crippen molar-refractivity contribution in [1.29, 1.82) is 0 Å². The quantitative estimate of drug-likeness (QED) is 0.802. The van der Waals surface area contributed by atoms with E-state index in [1.807, 2.05) is 20.4 Å². The number of rotatable bonds is 5. The zero-order chi connectivity index (χ0) is 14.5. The second-order valence-electron chi connectivity index (χ2n) is 4.61. The molecule has 1 amide bonds. The Kier molecular flexibility index (Phi) is 5.38. The molecule has 6 nitrogen and oxygen atoms in total. The van der Waals surface area contributed by atoms with Crippen molar-refractivity contribution >= 4 is 39.1 Å². The van der Waals surface area contributed by atoms with Crippen molar-refractivity contribution in [2.24, 2.45) is 4.99 Å². The minimum Gasteiger partial charge on any atom is -0.356 e. The van der Waals surface area contributed by atoms with E-state index >= 15 is 0 Å². The second-order valence-corrected chi connectivity index (χ2v) is 6.41. The van der Waals surface area contributed by atoms with Gasteiger partial charge in [-0.3, -0.25) is 9.79 Å². The monoisotopic (exact) mass is 313 g/mol. The Morgan fingerprint density at radius 3 is 3.05 bits per heavy atom. The molecule has 0 saturated heterocycles. The number of carbonyl (C=O) groups excluding carboxylic acids is 1. The lowest BCUT2D eigenvalue weighted by Crippen LogP contribution is -2.27. The number of nitrogens with zero attached hydrogens (tertiary/aromatic N) is 3. The number of nitrogens with one attached hydrogen (secondary N) is 2. The van der Waals surface area contributed by atoms with E-state index in [9.17, 15) is 4.79 Å². The lowest BCUT2D eigenvalue weighted by molar-refractivity contribution is 0.0952. The zero-order valence-corrected chi connectivity index (χ0v) is 13.5. The SMILES string of the molecule is CSC1=NCNc2sc(C(=O)NCCCN(C)C)nc21.